The van der Waals surface area contributed by atoms with Crippen LogP contribution in [0.1, 0.15) is 37.0 Å². The Bertz CT molecular complexity index is 1000. The van der Waals surface area contributed by atoms with Gasteiger partial charge in [0.1, 0.15) is 16.1 Å². The van der Waals surface area contributed by atoms with Crippen molar-refractivity contribution < 1.29 is 22.4 Å². The molecule has 1 fully saturated rings. The Morgan fingerprint density at radius 3 is 2.32 bits per heavy atom. The average molecular weight is 468 g/mol. The van der Waals surface area contributed by atoms with Crippen LogP contribution in [0.15, 0.2) is 46.0 Å². The van der Waals surface area contributed by atoms with Gasteiger partial charge in [-0.05, 0) is 54.5 Å². The molecule has 1 saturated heterocycles. The van der Waals surface area contributed by atoms with E-state index < -0.39 is 27.8 Å². The molecule has 31 heavy (non-hydrogen) atoms. The fraction of sp³-hybridized carbons (Fsp3) is 0.429. The van der Waals surface area contributed by atoms with Gasteiger partial charge in [0.25, 0.3) is 5.91 Å². The molecule has 0 unspecified atom stereocenters. The van der Waals surface area contributed by atoms with Crippen LogP contribution in [0.2, 0.25) is 0 Å². The molecule has 2 heterocycles. The summed E-state index contributed by atoms with van der Waals surface area (Å²) in [6.07, 6.45) is 0.986. The average Bonchev–Trinajstić information content (AvgIpc) is 3.28. The molecule has 1 aromatic carbocycles. The van der Waals surface area contributed by atoms with Crippen LogP contribution in [-0.2, 0) is 14.8 Å². The SMILES string of the molecule is CC(C)[C@H](NC(=O)c1ccc(F)cc1)C(=O)N1CCC(NS(=O)(=O)c2cccs2)CC1. The van der Waals surface area contributed by atoms with E-state index in [2.05, 4.69) is 10.0 Å². The van der Waals surface area contributed by atoms with Crippen molar-refractivity contribution in [2.24, 2.45) is 5.92 Å². The Morgan fingerprint density at radius 2 is 1.77 bits per heavy atom. The van der Waals surface area contributed by atoms with Crippen LogP contribution in [-0.4, -0.2) is 50.3 Å². The van der Waals surface area contributed by atoms with E-state index in [9.17, 15) is 22.4 Å². The molecule has 2 aromatic rings. The van der Waals surface area contributed by atoms with Gasteiger partial charge in [0.2, 0.25) is 15.9 Å². The second kappa shape index (κ2) is 9.88. The molecule has 1 aromatic heterocycles. The number of sulfonamides is 1. The molecule has 10 heteroatoms. The van der Waals surface area contributed by atoms with E-state index in [-0.39, 0.29) is 27.6 Å². The zero-order valence-electron chi connectivity index (χ0n) is 17.4. The minimum absolute atomic E-state index is 0.146. The Labute approximate surface area is 185 Å². The molecule has 168 valence electrons. The van der Waals surface area contributed by atoms with E-state index in [1.807, 2.05) is 13.8 Å². The maximum atomic E-state index is 13.1. The van der Waals surface area contributed by atoms with Crippen LogP contribution in [0, 0.1) is 11.7 Å². The molecule has 0 aliphatic carbocycles. The van der Waals surface area contributed by atoms with Gasteiger partial charge < -0.3 is 10.2 Å². The number of carbonyl (C=O) groups is 2. The number of nitrogens with zero attached hydrogens (tertiary/aromatic N) is 1. The third kappa shape index (κ3) is 5.90. The number of hydrogen-bond acceptors (Lipinski definition) is 5. The van der Waals surface area contributed by atoms with Gasteiger partial charge >= 0.3 is 0 Å². The normalized spacial score (nSPS) is 16.3. The van der Waals surface area contributed by atoms with E-state index in [0.717, 1.165) is 11.3 Å². The van der Waals surface area contributed by atoms with Gasteiger partial charge in [-0.25, -0.2) is 17.5 Å². The summed E-state index contributed by atoms with van der Waals surface area (Å²) in [7, 11) is -3.55. The molecular weight excluding hydrogens is 441 g/mol. The molecule has 1 atom stereocenters. The zero-order valence-corrected chi connectivity index (χ0v) is 19.0. The quantitative estimate of drug-likeness (QED) is 0.654. The molecule has 2 N–H and O–H groups in total. The van der Waals surface area contributed by atoms with Crippen molar-refractivity contribution in [2.45, 2.75) is 43.0 Å². The summed E-state index contributed by atoms with van der Waals surface area (Å²) in [5, 5.41) is 4.46. The van der Waals surface area contributed by atoms with Crippen molar-refractivity contribution in [1.82, 2.24) is 14.9 Å². The van der Waals surface area contributed by atoms with E-state index in [1.165, 1.54) is 24.3 Å². The highest BCUT2D eigenvalue weighted by Crippen LogP contribution is 2.20. The third-order valence-electron chi connectivity index (χ3n) is 5.21. The first-order valence-electron chi connectivity index (χ1n) is 10.1. The van der Waals surface area contributed by atoms with Crippen LogP contribution < -0.4 is 10.0 Å². The number of hydrogen-bond donors (Lipinski definition) is 2. The Balaban J connectivity index is 1.58. The van der Waals surface area contributed by atoms with E-state index >= 15 is 0 Å². The van der Waals surface area contributed by atoms with E-state index in [4.69, 9.17) is 0 Å². The fourth-order valence-electron chi connectivity index (χ4n) is 3.45. The summed E-state index contributed by atoms with van der Waals surface area (Å²) in [4.78, 5) is 27.2. The Kier molecular flexibility index (Phi) is 7.45. The van der Waals surface area contributed by atoms with Crippen LogP contribution in [0.4, 0.5) is 4.39 Å². The van der Waals surface area contributed by atoms with Gasteiger partial charge in [-0.2, -0.15) is 0 Å². The van der Waals surface area contributed by atoms with Crippen molar-refractivity contribution in [1.29, 1.82) is 0 Å². The van der Waals surface area contributed by atoms with Gasteiger partial charge in [-0.1, -0.05) is 19.9 Å². The molecular formula is C21H26FN3O4S2. The van der Waals surface area contributed by atoms with Gasteiger partial charge in [-0.3, -0.25) is 9.59 Å². The number of carbonyl (C=O) groups excluding carboxylic acids is 2. The fourth-order valence-corrected chi connectivity index (χ4v) is 5.76. The molecule has 0 radical (unpaired) electrons. The summed E-state index contributed by atoms with van der Waals surface area (Å²) in [6.45, 7) is 4.48. The predicted octanol–water partition coefficient (Wildman–Crippen LogP) is 2.61. The lowest BCUT2D eigenvalue weighted by atomic mass is 9.99. The summed E-state index contributed by atoms with van der Waals surface area (Å²) >= 11 is 1.16. The zero-order chi connectivity index (χ0) is 22.6. The molecule has 7 nitrogen and oxygen atoms in total. The highest BCUT2D eigenvalue weighted by Gasteiger charge is 2.32. The Morgan fingerprint density at radius 1 is 1.13 bits per heavy atom. The highest BCUT2D eigenvalue weighted by atomic mass is 32.2. The standard InChI is InChI=1S/C21H26FN3O4S2/c1-14(2)19(23-20(26)15-5-7-16(22)8-6-15)21(27)25-11-9-17(10-12-25)24-31(28,29)18-4-3-13-30-18/h3-8,13-14,17,19,24H,9-12H2,1-2H3,(H,23,26)/t19-/m0/s1. The van der Waals surface area contributed by atoms with Crippen LogP contribution >= 0.6 is 11.3 Å². The molecule has 0 saturated carbocycles. The first-order valence-corrected chi connectivity index (χ1v) is 12.4. The number of halogens is 1. The van der Waals surface area contributed by atoms with Crippen molar-refractivity contribution >= 4 is 33.2 Å². The van der Waals surface area contributed by atoms with Gasteiger partial charge in [-0.15, -0.1) is 11.3 Å². The van der Waals surface area contributed by atoms with E-state index in [1.54, 1.807) is 22.4 Å². The van der Waals surface area contributed by atoms with Gasteiger partial charge in [0.05, 0.1) is 0 Å². The highest BCUT2D eigenvalue weighted by molar-refractivity contribution is 7.91. The maximum Gasteiger partial charge on any atom is 0.251 e. The molecule has 0 spiro atoms. The number of rotatable bonds is 7. The second-order valence-corrected chi connectivity index (χ2v) is 10.7. The number of likely N-dealkylation sites (tertiary alicyclic amines) is 1. The summed E-state index contributed by atoms with van der Waals surface area (Å²) in [5.41, 5.74) is 0.279. The predicted molar refractivity (Wildman–Crippen MR) is 117 cm³/mol. The van der Waals surface area contributed by atoms with Crippen molar-refractivity contribution in [2.75, 3.05) is 13.1 Å². The van der Waals surface area contributed by atoms with Crippen molar-refractivity contribution in [3.63, 3.8) is 0 Å². The molecule has 1 aliphatic rings. The summed E-state index contributed by atoms with van der Waals surface area (Å²) in [5.74, 6) is -1.23. The maximum absolute atomic E-state index is 13.1. The molecule has 1 aliphatic heterocycles. The lowest BCUT2D eigenvalue weighted by Crippen LogP contribution is -2.54. The number of benzene rings is 1. The second-order valence-electron chi connectivity index (χ2n) is 7.85. The first-order chi connectivity index (χ1) is 14.7. The van der Waals surface area contributed by atoms with Crippen molar-refractivity contribution in [3.8, 4) is 0 Å². The largest absolute Gasteiger partial charge is 0.341 e. The minimum atomic E-state index is -3.55. The lowest BCUT2D eigenvalue weighted by molar-refractivity contribution is -0.135. The Hall–Kier alpha value is -2.30. The van der Waals surface area contributed by atoms with Gasteiger partial charge in [0.15, 0.2) is 0 Å². The first kappa shape index (κ1) is 23.4. The minimum Gasteiger partial charge on any atom is -0.341 e. The smallest absolute Gasteiger partial charge is 0.251 e. The molecule has 3 rings (SSSR count). The number of piperidine rings is 1. The van der Waals surface area contributed by atoms with Crippen LogP contribution in [0.3, 0.4) is 0 Å². The topological polar surface area (TPSA) is 95.6 Å². The third-order valence-corrected chi connectivity index (χ3v) is 8.13. The van der Waals surface area contributed by atoms with Gasteiger partial charge in [0, 0.05) is 24.7 Å². The molecule has 2 amide bonds. The van der Waals surface area contributed by atoms with Crippen LogP contribution in [0.5, 0.6) is 0 Å². The summed E-state index contributed by atoms with van der Waals surface area (Å²) in [6, 6.07) is 7.41. The number of amides is 2. The van der Waals surface area contributed by atoms with E-state index in [0.29, 0.717) is 25.9 Å². The monoisotopic (exact) mass is 467 g/mol. The summed E-state index contributed by atoms with van der Waals surface area (Å²) < 4.78 is 40.9. The number of nitrogens with one attached hydrogen (secondary N) is 2. The van der Waals surface area contributed by atoms with Crippen molar-refractivity contribution in [3.05, 3.63) is 53.2 Å². The number of thiophene rings is 1. The van der Waals surface area contributed by atoms with Crippen LogP contribution in [0.25, 0.3) is 0 Å². The lowest BCUT2D eigenvalue weighted by Gasteiger charge is -2.35. The molecule has 0 bridgehead atoms.